The van der Waals surface area contributed by atoms with Gasteiger partial charge >= 0.3 is 0 Å². The summed E-state index contributed by atoms with van der Waals surface area (Å²) in [4.78, 5) is 7.27. The molecule has 1 heterocycles. The molecule has 2 N–H and O–H groups in total. The Hall–Kier alpha value is -0.870. The van der Waals surface area contributed by atoms with Gasteiger partial charge in [-0.3, -0.25) is 0 Å². The first-order chi connectivity index (χ1) is 11.3. The molecule has 2 rings (SSSR count). The van der Waals surface area contributed by atoms with Gasteiger partial charge in [0.2, 0.25) is 10.0 Å². The molecule has 0 spiro atoms. The summed E-state index contributed by atoms with van der Waals surface area (Å²) >= 11 is 0. The van der Waals surface area contributed by atoms with E-state index in [1.807, 2.05) is 12.1 Å². The molecule has 1 saturated heterocycles. The van der Waals surface area contributed by atoms with Gasteiger partial charge in [0.1, 0.15) is 0 Å². The summed E-state index contributed by atoms with van der Waals surface area (Å²) in [5, 5.41) is 3.35. The van der Waals surface area contributed by atoms with Crippen molar-refractivity contribution < 1.29 is 8.42 Å². The number of nitrogens with one attached hydrogen (secondary N) is 2. The van der Waals surface area contributed by atoms with Crippen LogP contribution in [0.1, 0.15) is 32.8 Å². The fraction of sp³-hybridized carbons (Fsp3) is 0.588. The highest BCUT2D eigenvalue weighted by molar-refractivity contribution is 14.0. The predicted octanol–water partition coefficient (Wildman–Crippen LogP) is 2.41. The summed E-state index contributed by atoms with van der Waals surface area (Å²) in [5.41, 5.74) is 1.30. The van der Waals surface area contributed by atoms with Crippen LogP contribution in [0.3, 0.4) is 0 Å². The molecule has 1 fully saturated rings. The first-order valence-electron chi connectivity index (χ1n) is 8.33. The predicted molar refractivity (Wildman–Crippen MR) is 113 cm³/mol. The molecule has 25 heavy (non-hydrogen) atoms. The SMILES string of the molecule is CCNC(=NCc1ccc(S(=O)(=O)NC)cc1)N1CCC(C)(C)C1.I. The van der Waals surface area contributed by atoms with Crippen molar-refractivity contribution in [1.29, 1.82) is 0 Å². The molecular formula is C17H29IN4O2S. The van der Waals surface area contributed by atoms with Crippen LogP contribution in [0.15, 0.2) is 34.2 Å². The van der Waals surface area contributed by atoms with Crippen LogP contribution in [-0.2, 0) is 16.6 Å². The van der Waals surface area contributed by atoms with Gasteiger partial charge in [0.05, 0.1) is 11.4 Å². The molecule has 0 aliphatic carbocycles. The van der Waals surface area contributed by atoms with E-state index >= 15 is 0 Å². The summed E-state index contributed by atoms with van der Waals surface area (Å²) in [5.74, 6) is 0.926. The van der Waals surface area contributed by atoms with E-state index in [2.05, 4.69) is 35.7 Å². The van der Waals surface area contributed by atoms with Crippen molar-refractivity contribution in [2.45, 2.75) is 38.6 Å². The van der Waals surface area contributed by atoms with Gasteiger partial charge in [0, 0.05) is 19.6 Å². The fourth-order valence-corrected chi connectivity index (χ4v) is 3.51. The lowest BCUT2D eigenvalue weighted by atomic mass is 9.93. The highest BCUT2D eigenvalue weighted by Crippen LogP contribution is 2.28. The number of rotatable bonds is 5. The highest BCUT2D eigenvalue weighted by Gasteiger charge is 2.30. The van der Waals surface area contributed by atoms with Crippen LogP contribution >= 0.6 is 24.0 Å². The molecule has 0 aromatic heterocycles. The highest BCUT2D eigenvalue weighted by atomic mass is 127. The summed E-state index contributed by atoms with van der Waals surface area (Å²) in [6, 6.07) is 6.85. The van der Waals surface area contributed by atoms with Crippen molar-refractivity contribution in [2.75, 3.05) is 26.7 Å². The number of hydrogen-bond acceptors (Lipinski definition) is 3. The lowest BCUT2D eigenvalue weighted by Gasteiger charge is -2.23. The second-order valence-corrected chi connectivity index (χ2v) is 8.74. The van der Waals surface area contributed by atoms with Crippen molar-refractivity contribution in [3.05, 3.63) is 29.8 Å². The van der Waals surface area contributed by atoms with Crippen molar-refractivity contribution in [3.8, 4) is 0 Å². The van der Waals surface area contributed by atoms with E-state index in [1.54, 1.807) is 12.1 Å². The Bertz CT molecular complexity index is 687. The third-order valence-corrected chi connectivity index (χ3v) is 5.66. The average molecular weight is 480 g/mol. The lowest BCUT2D eigenvalue weighted by molar-refractivity contribution is 0.370. The summed E-state index contributed by atoms with van der Waals surface area (Å²) in [6.07, 6.45) is 1.16. The average Bonchev–Trinajstić information content (AvgIpc) is 2.91. The van der Waals surface area contributed by atoms with Crippen LogP contribution < -0.4 is 10.0 Å². The molecule has 1 aliphatic heterocycles. The van der Waals surface area contributed by atoms with E-state index in [1.165, 1.54) is 7.05 Å². The number of likely N-dealkylation sites (tertiary alicyclic amines) is 1. The van der Waals surface area contributed by atoms with E-state index < -0.39 is 10.0 Å². The van der Waals surface area contributed by atoms with Gasteiger partial charge in [-0.1, -0.05) is 26.0 Å². The normalized spacial score (nSPS) is 17.3. The van der Waals surface area contributed by atoms with Gasteiger partial charge in [0.25, 0.3) is 0 Å². The van der Waals surface area contributed by atoms with E-state index in [9.17, 15) is 8.42 Å². The maximum absolute atomic E-state index is 11.7. The molecule has 1 aromatic carbocycles. The summed E-state index contributed by atoms with van der Waals surface area (Å²) < 4.78 is 25.8. The molecule has 6 nitrogen and oxygen atoms in total. The van der Waals surface area contributed by atoms with Crippen LogP contribution in [0.4, 0.5) is 0 Å². The zero-order valence-electron chi connectivity index (χ0n) is 15.4. The Morgan fingerprint density at radius 1 is 1.28 bits per heavy atom. The number of benzene rings is 1. The molecule has 142 valence electrons. The van der Waals surface area contributed by atoms with Crippen molar-refractivity contribution in [3.63, 3.8) is 0 Å². The van der Waals surface area contributed by atoms with E-state index in [4.69, 9.17) is 4.99 Å². The Balaban J connectivity index is 0.00000312. The van der Waals surface area contributed by atoms with Gasteiger partial charge < -0.3 is 10.2 Å². The Labute approximate surface area is 168 Å². The molecule has 1 aliphatic rings. The topological polar surface area (TPSA) is 73.8 Å². The third-order valence-electron chi connectivity index (χ3n) is 4.23. The van der Waals surface area contributed by atoms with Gasteiger partial charge in [0.15, 0.2) is 5.96 Å². The first-order valence-corrected chi connectivity index (χ1v) is 9.81. The zero-order chi connectivity index (χ0) is 17.8. The fourth-order valence-electron chi connectivity index (χ4n) is 2.78. The Morgan fingerprint density at radius 3 is 2.40 bits per heavy atom. The molecule has 0 unspecified atom stereocenters. The van der Waals surface area contributed by atoms with E-state index in [-0.39, 0.29) is 28.9 Å². The van der Waals surface area contributed by atoms with Gasteiger partial charge in [-0.15, -0.1) is 24.0 Å². The molecule has 0 saturated carbocycles. The minimum Gasteiger partial charge on any atom is -0.357 e. The number of halogens is 1. The van der Waals surface area contributed by atoms with Crippen molar-refractivity contribution in [2.24, 2.45) is 10.4 Å². The minimum atomic E-state index is -3.39. The quantitative estimate of drug-likeness (QED) is 0.386. The molecule has 0 radical (unpaired) electrons. The first kappa shape index (κ1) is 22.2. The van der Waals surface area contributed by atoms with Crippen LogP contribution in [0.5, 0.6) is 0 Å². The van der Waals surface area contributed by atoms with Crippen molar-refractivity contribution in [1.82, 2.24) is 14.9 Å². The summed E-state index contributed by atoms with van der Waals surface area (Å²) in [7, 11) is -1.98. The molecule has 0 amide bonds. The number of hydrogen-bond donors (Lipinski definition) is 2. The van der Waals surface area contributed by atoms with Crippen LogP contribution in [0, 0.1) is 5.41 Å². The van der Waals surface area contributed by atoms with E-state index in [0.29, 0.717) is 12.0 Å². The van der Waals surface area contributed by atoms with Crippen LogP contribution in [-0.4, -0.2) is 46.0 Å². The molecule has 1 aromatic rings. The van der Waals surface area contributed by atoms with Crippen molar-refractivity contribution >= 4 is 40.0 Å². The third kappa shape index (κ3) is 6.10. The van der Waals surface area contributed by atoms with Gasteiger partial charge in [-0.05, 0) is 43.5 Å². The minimum absolute atomic E-state index is 0. The largest absolute Gasteiger partial charge is 0.357 e. The standard InChI is InChI=1S/C17H28N4O2S.HI/c1-5-19-16(21-11-10-17(2,3)13-21)20-12-14-6-8-15(9-7-14)24(22,23)18-4;/h6-9,18H,5,10-13H2,1-4H3,(H,19,20);1H. The maximum Gasteiger partial charge on any atom is 0.240 e. The monoisotopic (exact) mass is 480 g/mol. The number of sulfonamides is 1. The second-order valence-electron chi connectivity index (χ2n) is 6.86. The Kier molecular flexibility index (Phi) is 8.14. The van der Waals surface area contributed by atoms with E-state index in [0.717, 1.165) is 37.6 Å². The molecule has 8 heteroatoms. The summed E-state index contributed by atoms with van der Waals surface area (Å²) in [6.45, 7) is 9.98. The lowest BCUT2D eigenvalue weighted by Crippen LogP contribution is -2.40. The van der Waals surface area contributed by atoms with Gasteiger partial charge in [-0.2, -0.15) is 0 Å². The maximum atomic E-state index is 11.7. The zero-order valence-corrected chi connectivity index (χ0v) is 18.5. The van der Waals surface area contributed by atoms with Gasteiger partial charge in [-0.25, -0.2) is 18.1 Å². The van der Waals surface area contributed by atoms with Crippen LogP contribution in [0.2, 0.25) is 0 Å². The number of guanidine groups is 1. The molecular weight excluding hydrogens is 451 g/mol. The second kappa shape index (κ2) is 9.18. The number of aliphatic imine (C=N–C) groups is 1. The smallest absolute Gasteiger partial charge is 0.240 e. The van der Waals surface area contributed by atoms with Crippen LogP contribution in [0.25, 0.3) is 0 Å². The number of nitrogens with zero attached hydrogens (tertiary/aromatic N) is 2. The Morgan fingerprint density at radius 2 is 1.92 bits per heavy atom. The molecule has 0 bridgehead atoms. The molecule has 0 atom stereocenters.